The van der Waals surface area contributed by atoms with Crippen LogP contribution in [-0.4, -0.2) is 30.4 Å². The molecule has 156 valence electrons. The largest absolute Gasteiger partial charge is 0.445 e. The highest BCUT2D eigenvalue weighted by molar-refractivity contribution is 6.14. The molecule has 2 aromatic rings. The molecule has 1 N–H and O–H groups in total. The second kappa shape index (κ2) is 9.11. The summed E-state index contributed by atoms with van der Waals surface area (Å²) >= 11 is 0. The zero-order valence-corrected chi connectivity index (χ0v) is 17.2. The van der Waals surface area contributed by atoms with E-state index in [-0.39, 0.29) is 12.5 Å². The number of hydrogen-bond donors (Lipinski definition) is 1. The minimum Gasteiger partial charge on any atom is -0.445 e. The normalized spacial score (nSPS) is 19.1. The van der Waals surface area contributed by atoms with E-state index >= 15 is 0 Å². The van der Waals surface area contributed by atoms with Crippen molar-refractivity contribution < 1.29 is 14.3 Å². The highest BCUT2D eigenvalue weighted by Crippen LogP contribution is 2.34. The summed E-state index contributed by atoms with van der Waals surface area (Å²) in [6.07, 6.45) is 2.80. The molecule has 0 spiro atoms. The molecule has 4 rings (SSSR count). The maximum Gasteiger partial charge on any atom is 0.409 e. The van der Waals surface area contributed by atoms with Gasteiger partial charge in [-0.25, -0.2) is 4.79 Å². The minimum absolute atomic E-state index is 0.143. The molecule has 0 unspecified atom stereocenters. The molecule has 6 heteroatoms. The van der Waals surface area contributed by atoms with E-state index in [0.717, 1.165) is 48.2 Å². The number of likely N-dealkylation sites (N-methyl/N-ethyl adjacent to an activating group) is 1. The molecule has 6 nitrogen and oxygen atoms in total. The lowest BCUT2D eigenvalue weighted by Crippen LogP contribution is -2.47. The first-order valence-electron chi connectivity index (χ1n) is 10.6. The molecular formula is C24H27N3O3. The van der Waals surface area contributed by atoms with E-state index in [9.17, 15) is 9.59 Å². The number of benzene rings is 2. The SMILES string of the molecule is CCN1C(=O)[C@H](NC(=O)OCc2ccccc2)N=C(C2CCCC2)c2ccccc21. The van der Waals surface area contributed by atoms with Gasteiger partial charge in [0, 0.05) is 18.0 Å². The van der Waals surface area contributed by atoms with E-state index in [4.69, 9.17) is 9.73 Å². The highest BCUT2D eigenvalue weighted by Gasteiger charge is 2.35. The summed E-state index contributed by atoms with van der Waals surface area (Å²) in [5.41, 5.74) is 3.65. The topological polar surface area (TPSA) is 71.0 Å². The molecule has 1 heterocycles. The zero-order valence-electron chi connectivity index (χ0n) is 17.2. The number of nitrogens with one attached hydrogen (secondary N) is 1. The number of amides is 2. The molecule has 0 bridgehead atoms. The molecule has 1 fully saturated rings. The summed E-state index contributed by atoms with van der Waals surface area (Å²) in [5.74, 6) is 0.0648. The summed E-state index contributed by atoms with van der Waals surface area (Å²) < 4.78 is 5.34. The Labute approximate surface area is 176 Å². The second-order valence-electron chi connectivity index (χ2n) is 7.70. The van der Waals surface area contributed by atoms with Crippen LogP contribution in [0.5, 0.6) is 0 Å². The predicted octanol–water partition coefficient (Wildman–Crippen LogP) is 4.28. The van der Waals surface area contributed by atoms with Crippen molar-refractivity contribution in [3.05, 3.63) is 65.7 Å². The maximum atomic E-state index is 13.3. The van der Waals surface area contributed by atoms with Crippen molar-refractivity contribution in [1.29, 1.82) is 0 Å². The summed E-state index contributed by atoms with van der Waals surface area (Å²) in [6.45, 7) is 2.57. The van der Waals surface area contributed by atoms with E-state index in [2.05, 4.69) is 5.32 Å². The predicted molar refractivity (Wildman–Crippen MR) is 117 cm³/mol. The smallest absolute Gasteiger partial charge is 0.409 e. The van der Waals surface area contributed by atoms with Crippen molar-refractivity contribution in [2.24, 2.45) is 10.9 Å². The molecule has 2 aliphatic rings. The zero-order chi connectivity index (χ0) is 20.9. The molecule has 0 radical (unpaired) electrons. The fraction of sp³-hybridized carbons (Fsp3) is 0.375. The van der Waals surface area contributed by atoms with Crippen molar-refractivity contribution in [1.82, 2.24) is 5.32 Å². The Bertz CT molecular complexity index is 936. The number of nitrogens with zero attached hydrogens (tertiary/aromatic N) is 2. The van der Waals surface area contributed by atoms with E-state index < -0.39 is 12.3 Å². The molecule has 2 aromatic carbocycles. The lowest BCUT2D eigenvalue weighted by atomic mass is 9.94. The Morgan fingerprint density at radius 3 is 2.53 bits per heavy atom. The van der Waals surface area contributed by atoms with Gasteiger partial charge in [0.05, 0.1) is 11.4 Å². The van der Waals surface area contributed by atoms with Gasteiger partial charge >= 0.3 is 6.09 Å². The van der Waals surface area contributed by atoms with Gasteiger partial charge in [-0.2, -0.15) is 0 Å². The number of carbonyl (C=O) groups excluding carboxylic acids is 2. The quantitative estimate of drug-likeness (QED) is 0.807. The molecule has 30 heavy (non-hydrogen) atoms. The lowest BCUT2D eigenvalue weighted by molar-refractivity contribution is -0.120. The fourth-order valence-electron chi connectivity index (χ4n) is 4.28. The third kappa shape index (κ3) is 4.22. The molecule has 1 aliphatic heterocycles. The summed E-state index contributed by atoms with van der Waals surface area (Å²) in [4.78, 5) is 32.2. The van der Waals surface area contributed by atoms with Crippen molar-refractivity contribution in [2.45, 2.75) is 45.4 Å². The average molecular weight is 405 g/mol. The first kappa shape index (κ1) is 20.1. The van der Waals surface area contributed by atoms with E-state index in [0.29, 0.717) is 12.5 Å². The number of anilines is 1. The molecule has 1 atom stereocenters. The van der Waals surface area contributed by atoms with Crippen molar-refractivity contribution in [2.75, 3.05) is 11.4 Å². The van der Waals surface area contributed by atoms with Gasteiger partial charge in [0.25, 0.3) is 5.91 Å². The first-order chi connectivity index (χ1) is 14.7. The Hall–Kier alpha value is -3.15. The van der Waals surface area contributed by atoms with Crippen LogP contribution >= 0.6 is 0 Å². The van der Waals surface area contributed by atoms with Gasteiger partial charge in [0.1, 0.15) is 6.61 Å². The van der Waals surface area contributed by atoms with Gasteiger partial charge in [-0.1, -0.05) is 61.4 Å². The van der Waals surface area contributed by atoms with Crippen LogP contribution < -0.4 is 10.2 Å². The number of ether oxygens (including phenoxy) is 1. The Kier molecular flexibility index (Phi) is 6.12. The minimum atomic E-state index is -0.990. The standard InChI is InChI=1S/C24H27N3O3/c1-2-27-20-15-9-8-14-19(20)21(18-12-6-7-13-18)25-22(23(27)28)26-24(29)30-16-17-10-4-3-5-11-17/h3-5,8-11,14-15,18,22H,2,6-7,12-13,16H2,1H3,(H,26,29)/t22-/m0/s1. The van der Waals surface area contributed by atoms with Crippen LogP contribution in [0, 0.1) is 5.92 Å². The number of benzodiazepines with no additional fused rings is 1. The number of rotatable bonds is 5. The van der Waals surface area contributed by atoms with Crippen LogP contribution in [0.2, 0.25) is 0 Å². The van der Waals surface area contributed by atoms with E-state index in [1.165, 1.54) is 0 Å². The Balaban J connectivity index is 1.59. The average Bonchev–Trinajstić information content (AvgIpc) is 3.28. The van der Waals surface area contributed by atoms with Gasteiger partial charge in [-0.05, 0) is 31.4 Å². The number of alkyl carbamates (subject to hydrolysis) is 1. The van der Waals surface area contributed by atoms with Gasteiger partial charge in [0.15, 0.2) is 0 Å². The number of fused-ring (bicyclic) bond motifs is 1. The maximum absolute atomic E-state index is 13.3. The van der Waals surface area contributed by atoms with Crippen molar-refractivity contribution in [3.8, 4) is 0 Å². The summed E-state index contributed by atoms with van der Waals surface area (Å²) in [7, 11) is 0. The Morgan fingerprint density at radius 2 is 1.80 bits per heavy atom. The molecule has 1 saturated carbocycles. The number of hydrogen-bond acceptors (Lipinski definition) is 4. The number of carbonyl (C=O) groups is 2. The van der Waals surface area contributed by atoms with Crippen LogP contribution in [0.1, 0.15) is 43.7 Å². The van der Waals surface area contributed by atoms with Crippen molar-refractivity contribution >= 4 is 23.4 Å². The molecule has 0 aromatic heterocycles. The van der Waals surface area contributed by atoms with E-state index in [1.807, 2.05) is 61.5 Å². The monoisotopic (exact) mass is 405 g/mol. The van der Waals surface area contributed by atoms with Crippen LogP contribution in [0.4, 0.5) is 10.5 Å². The Morgan fingerprint density at radius 1 is 1.10 bits per heavy atom. The van der Waals surface area contributed by atoms with Crippen LogP contribution in [-0.2, 0) is 16.1 Å². The van der Waals surface area contributed by atoms with Crippen LogP contribution in [0.15, 0.2) is 59.6 Å². The van der Waals surface area contributed by atoms with Crippen LogP contribution in [0.3, 0.4) is 0 Å². The molecular weight excluding hydrogens is 378 g/mol. The van der Waals surface area contributed by atoms with Gasteiger partial charge in [-0.3, -0.25) is 15.1 Å². The third-order valence-corrected chi connectivity index (χ3v) is 5.76. The third-order valence-electron chi connectivity index (χ3n) is 5.76. The van der Waals surface area contributed by atoms with Gasteiger partial charge in [0.2, 0.25) is 6.17 Å². The van der Waals surface area contributed by atoms with E-state index in [1.54, 1.807) is 4.90 Å². The highest BCUT2D eigenvalue weighted by atomic mass is 16.5. The van der Waals surface area contributed by atoms with Crippen molar-refractivity contribution in [3.63, 3.8) is 0 Å². The molecule has 0 saturated heterocycles. The van der Waals surface area contributed by atoms with Gasteiger partial charge < -0.3 is 9.64 Å². The van der Waals surface area contributed by atoms with Gasteiger partial charge in [-0.15, -0.1) is 0 Å². The second-order valence-corrected chi connectivity index (χ2v) is 7.70. The molecule has 2 amide bonds. The fourth-order valence-corrected chi connectivity index (χ4v) is 4.28. The summed E-state index contributed by atoms with van der Waals surface area (Å²) in [6, 6.07) is 17.3. The lowest BCUT2D eigenvalue weighted by Gasteiger charge is -2.24. The summed E-state index contributed by atoms with van der Waals surface area (Å²) in [5, 5.41) is 2.69. The first-order valence-corrected chi connectivity index (χ1v) is 10.6. The molecule has 1 aliphatic carbocycles. The number of aliphatic imine (C=N–C) groups is 1. The number of para-hydroxylation sites is 1. The van der Waals surface area contributed by atoms with Crippen LogP contribution in [0.25, 0.3) is 0 Å².